The van der Waals surface area contributed by atoms with Crippen molar-refractivity contribution in [3.05, 3.63) is 47.6 Å². The zero-order valence-electron chi connectivity index (χ0n) is 11.1. The molecule has 2 fully saturated rings. The maximum Gasteiger partial charge on any atom is 0.243 e. The van der Waals surface area contributed by atoms with Crippen LogP contribution in [0.1, 0.15) is 42.6 Å². The minimum absolute atomic E-state index is 0.0159. The van der Waals surface area contributed by atoms with Crippen molar-refractivity contribution in [3.63, 3.8) is 0 Å². The molecule has 0 radical (unpaired) electrons. The molecule has 2 atom stereocenters. The summed E-state index contributed by atoms with van der Waals surface area (Å²) in [7, 11) is 0. The third kappa shape index (κ3) is 1.85. The van der Waals surface area contributed by atoms with Gasteiger partial charge in [0.05, 0.1) is 17.6 Å². The number of β-amino-alcohol motifs (C(OH)–C–C–N with tert-alkyl or cyclic N) is 1. The molecule has 0 amide bonds. The first kappa shape index (κ1) is 12.1. The average Bonchev–Trinajstić information content (AvgIpc) is 2.93. The Bertz CT molecular complexity index is 607. The Morgan fingerprint density at radius 3 is 2.70 bits per heavy atom. The molecule has 1 aromatic heterocycles. The summed E-state index contributed by atoms with van der Waals surface area (Å²) < 4.78 is 5.41. The van der Waals surface area contributed by atoms with E-state index in [-0.39, 0.29) is 17.6 Å². The molecule has 2 aromatic rings. The monoisotopic (exact) mass is 271 g/mol. The molecule has 5 nitrogen and oxygen atoms in total. The van der Waals surface area contributed by atoms with Crippen LogP contribution >= 0.6 is 0 Å². The third-order valence-electron chi connectivity index (χ3n) is 4.35. The molecule has 1 saturated heterocycles. The lowest BCUT2D eigenvalue weighted by atomic mass is 9.95. The summed E-state index contributed by atoms with van der Waals surface area (Å²) in [5.74, 6) is 1.38. The van der Waals surface area contributed by atoms with Crippen molar-refractivity contribution in [2.45, 2.75) is 36.8 Å². The average molecular weight is 271 g/mol. The number of aromatic nitrogens is 2. The molecule has 1 aliphatic carbocycles. The summed E-state index contributed by atoms with van der Waals surface area (Å²) in [5, 5.41) is 17.0. The Morgan fingerprint density at radius 2 is 2.05 bits per heavy atom. The highest BCUT2D eigenvalue weighted by Gasteiger charge is 2.50. The second-order valence-electron chi connectivity index (χ2n) is 5.75. The van der Waals surface area contributed by atoms with Crippen molar-refractivity contribution in [1.29, 1.82) is 0 Å². The zero-order valence-corrected chi connectivity index (χ0v) is 11.1. The highest BCUT2D eigenvalue weighted by atomic mass is 16.5. The van der Waals surface area contributed by atoms with Gasteiger partial charge in [0.15, 0.2) is 5.82 Å². The van der Waals surface area contributed by atoms with Crippen molar-refractivity contribution in [2.75, 3.05) is 6.54 Å². The molecule has 0 bridgehead atoms. The van der Waals surface area contributed by atoms with Gasteiger partial charge in [-0.25, -0.2) is 0 Å². The van der Waals surface area contributed by atoms with E-state index in [2.05, 4.69) is 27.6 Å². The molecule has 20 heavy (non-hydrogen) atoms. The van der Waals surface area contributed by atoms with E-state index in [4.69, 9.17) is 4.52 Å². The molecule has 2 aliphatic rings. The quantitative estimate of drug-likeness (QED) is 0.886. The van der Waals surface area contributed by atoms with Crippen molar-refractivity contribution in [2.24, 2.45) is 0 Å². The molecule has 104 valence electrons. The first-order chi connectivity index (χ1) is 9.78. The lowest BCUT2D eigenvalue weighted by Crippen LogP contribution is -2.15. The van der Waals surface area contributed by atoms with Gasteiger partial charge in [-0.2, -0.15) is 4.98 Å². The van der Waals surface area contributed by atoms with E-state index in [1.54, 1.807) is 0 Å². The summed E-state index contributed by atoms with van der Waals surface area (Å²) in [6, 6.07) is 10.3. The highest BCUT2D eigenvalue weighted by Crippen LogP contribution is 2.52. The van der Waals surface area contributed by atoms with Gasteiger partial charge in [-0.15, -0.1) is 0 Å². The van der Waals surface area contributed by atoms with Crippen LogP contribution in [0.15, 0.2) is 34.9 Å². The summed E-state index contributed by atoms with van der Waals surface area (Å²) >= 11 is 0. The Hall–Kier alpha value is -1.72. The number of nitrogens with zero attached hydrogens (tertiary/aromatic N) is 2. The van der Waals surface area contributed by atoms with Gasteiger partial charge >= 0.3 is 0 Å². The molecule has 1 aliphatic heterocycles. The van der Waals surface area contributed by atoms with Gasteiger partial charge in [-0.05, 0) is 24.8 Å². The normalized spacial score (nSPS) is 27.6. The fraction of sp³-hybridized carbons (Fsp3) is 0.467. The van der Waals surface area contributed by atoms with E-state index in [0.717, 1.165) is 18.7 Å². The van der Waals surface area contributed by atoms with Crippen molar-refractivity contribution in [3.8, 4) is 0 Å². The molecule has 4 rings (SSSR count). The standard InChI is InChI=1S/C15H17N3O2/c19-11-8-12(16-9-11)13-17-14(18-20-13)15(6-7-15)10-4-2-1-3-5-10/h1-5,11-12,16,19H,6-9H2. The van der Waals surface area contributed by atoms with Crippen LogP contribution < -0.4 is 5.32 Å². The molecule has 2 N–H and O–H groups in total. The van der Waals surface area contributed by atoms with Crippen LogP contribution in [0.5, 0.6) is 0 Å². The van der Waals surface area contributed by atoms with E-state index in [0.29, 0.717) is 18.9 Å². The second-order valence-corrected chi connectivity index (χ2v) is 5.75. The van der Waals surface area contributed by atoms with Crippen LogP contribution in [-0.2, 0) is 5.41 Å². The van der Waals surface area contributed by atoms with E-state index in [9.17, 15) is 5.11 Å². The van der Waals surface area contributed by atoms with Crippen LogP contribution in [0.3, 0.4) is 0 Å². The fourth-order valence-electron chi connectivity index (χ4n) is 3.00. The molecule has 5 heteroatoms. The van der Waals surface area contributed by atoms with Crippen LogP contribution in [0, 0.1) is 0 Å². The number of rotatable bonds is 3. The lowest BCUT2D eigenvalue weighted by Gasteiger charge is -2.10. The first-order valence-corrected chi connectivity index (χ1v) is 7.09. The molecular formula is C15H17N3O2. The fourth-order valence-corrected chi connectivity index (χ4v) is 3.00. The van der Waals surface area contributed by atoms with Crippen LogP contribution in [-0.4, -0.2) is 27.9 Å². The summed E-state index contributed by atoms with van der Waals surface area (Å²) in [4.78, 5) is 4.59. The summed E-state index contributed by atoms with van der Waals surface area (Å²) in [6.45, 7) is 0.589. The van der Waals surface area contributed by atoms with Gasteiger partial charge in [0, 0.05) is 6.54 Å². The van der Waals surface area contributed by atoms with Crippen LogP contribution in [0.25, 0.3) is 0 Å². The van der Waals surface area contributed by atoms with Gasteiger partial charge in [0.1, 0.15) is 0 Å². The topological polar surface area (TPSA) is 71.2 Å². The minimum Gasteiger partial charge on any atom is -0.392 e. The van der Waals surface area contributed by atoms with Crippen molar-refractivity contribution >= 4 is 0 Å². The van der Waals surface area contributed by atoms with Crippen molar-refractivity contribution < 1.29 is 9.63 Å². The van der Waals surface area contributed by atoms with Crippen LogP contribution in [0.4, 0.5) is 0 Å². The van der Waals surface area contributed by atoms with Gasteiger partial charge in [0.25, 0.3) is 0 Å². The smallest absolute Gasteiger partial charge is 0.243 e. The van der Waals surface area contributed by atoms with Gasteiger partial charge in [-0.1, -0.05) is 35.5 Å². The number of nitrogens with one attached hydrogen (secondary N) is 1. The predicted molar refractivity (Wildman–Crippen MR) is 72.1 cm³/mol. The molecule has 2 unspecified atom stereocenters. The van der Waals surface area contributed by atoms with E-state index < -0.39 is 0 Å². The Morgan fingerprint density at radius 1 is 1.25 bits per heavy atom. The molecule has 1 saturated carbocycles. The number of aliphatic hydroxyl groups is 1. The summed E-state index contributed by atoms with van der Waals surface area (Å²) in [6.07, 6.45) is 2.45. The van der Waals surface area contributed by atoms with Crippen molar-refractivity contribution in [1.82, 2.24) is 15.5 Å². The maximum atomic E-state index is 9.57. The van der Waals surface area contributed by atoms with E-state index in [1.165, 1.54) is 5.56 Å². The van der Waals surface area contributed by atoms with Gasteiger partial charge < -0.3 is 14.9 Å². The number of hydrogen-bond acceptors (Lipinski definition) is 5. The largest absolute Gasteiger partial charge is 0.392 e. The Labute approximate surface area is 117 Å². The van der Waals surface area contributed by atoms with Crippen LogP contribution in [0.2, 0.25) is 0 Å². The highest BCUT2D eigenvalue weighted by molar-refractivity contribution is 5.38. The Balaban J connectivity index is 1.62. The van der Waals surface area contributed by atoms with Gasteiger partial charge in [0.2, 0.25) is 5.89 Å². The second kappa shape index (κ2) is 4.40. The lowest BCUT2D eigenvalue weighted by molar-refractivity contribution is 0.191. The molecule has 0 spiro atoms. The van der Waals surface area contributed by atoms with E-state index in [1.807, 2.05) is 18.2 Å². The Kier molecular flexibility index (Phi) is 2.65. The van der Waals surface area contributed by atoms with E-state index >= 15 is 0 Å². The minimum atomic E-state index is -0.320. The molecule has 2 heterocycles. The first-order valence-electron chi connectivity index (χ1n) is 7.09. The maximum absolute atomic E-state index is 9.57. The number of aliphatic hydroxyl groups excluding tert-OH is 1. The number of hydrogen-bond donors (Lipinski definition) is 2. The third-order valence-corrected chi connectivity index (χ3v) is 4.35. The van der Waals surface area contributed by atoms with Gasteiger partial charge in [-0.3, -0.25) is 0 Å². The predicted octanol–water partition coefficient (Wildman–Crippen LogP) is 1.54. The molecule has 1 aromatic carbocycles. The summed E-state index contributed by atoms with van der Waals surface area (Å²) in [5.41, 5.74) is 1.20. The SMILES string of the molecule is OC1CNC(c2nc(C3(c4ccccc4)CC3)no2)C1. The number of benzene rings is 1. The zero-order chi connectivity index (χ0) is 13.6. The molecular weight excluding hydrogens is 254 g/mol.